The molecular formula is C18H21FN2. The summed E-state index contributed by atoms with van der Waals surface area (Å²) in [4.78, 5) is 2.25. The molecule has 1 aliphatic heterocycles. The molecule has 3 rings (SSSR count). The number of unbranched alkanes of at least 4 members (excludes halogenated alkanes) is 1. The predicted octanol–water partition coefficient (Wildman–Crippen LogP) is 3.77. The molecule has 3 heteroatoms. The van der Waals surface area contributed by atoms with E-state index in [4.69, 9.17) is 5.73 Å². The van der Waals surface area contributed by atoms with Crippen molar-refractivity contribution in [2.75, 3.05) is 11.4 Å². The van der Waals surface area contributed by atoms with Gasteiger partial charge in [-0.2, -0.15) is 0 Å². The van der Waals surface area contributed by atoms with Crippen LogP contribution in [0.1, 0.15) is 19.3 Å². The highest BCUT2D eigenvalue weighted by molar-refractivity contribution is 5.57. The molecule has 0 bridgehead atoms. The van der Waals surface area contributed by atoms with Gasteiger partial charge in [-0.05, 0) is 55.6 Å². The van der Waals surface area contributed by atoms with E-state index < -0.39 is 0 Å². The van der Waals surface area contributed by atoms with Crippen LogP contribution in [0.25, 0.3) is 0 Å². The SMILES string of the molecule is NCCCCC1=CN(c2ccc(F)cc2)C2C=CC=CC12. The Morgan fingerprint density at radius 1 is 1.05 bits per heavy atom. The molecule has 1 heterocycles. The molecule has 0 radical (unpaired) electrons. The molecule has 1 aromatic rings. The van der Waals surface area contributed by atoms with Crippen LogP contribution in [0.15, 0.2) is 60.3 Å². The van der Waals surface area contributed by atoms with Gasteiger partial charge in [0, 0.05) is 17.8 Å². The molecule has 0 fully saturated rings. The lowest BCUT2D eigenvalue weighted by atomic mass is 9.88. The van der Waals surface area contributed by atoms with Crippen LogP contribution in [0.5, 0.6) is 0 Å². The molecule has 2 N–H and O–H groups in total. The lowest BCUT2D eigenvalue weighted by Crippen LogP contribution is -2.30. The summed E-state index contributed by atoms with van der Waals surface area (Å²) in [7, 11) is 0. The Labute approximate surface area is 125 Å². The fraction of sp³-hybridized carbons (Fsp3) is 0.333. The van der Waals surface area contributed by atoms with Crippen molar-refractivity contribution in [1.29, 1.82) is 0 Å². The predicted molar refractivity (Wildman–Crippen MR) is 85.4 cm³/mol. The lowest BCUT2D eigenvalue weighted by molar-refractivity contribution is 0.624. The standard InChI is InChI=1S/C18H21FN2/c19-15-8-10-16(11-9-15)21-13-14(5-3-4-12-20)17-6-1-2-7-18(17)21/h1-2,6-11,13,17-18H,3-5,12,20H2. The molecule has 0 spiro atoms. The zero-order valence-corrected chi connectivity index (χ0v) is 12.1. The van der Waals surface area contributed by atoms with Crippen molar-refractivity contribution in [2.45, 2.75) is 25.3 Å². The van der Waals surface area contributed by atoms with Crippen molar-refractivity contribution in [1.82, 2.24) is 0 Å². The highest BCUT2D eigenvalue weighted by atomic mass is 19.1. The molecule has 0 saturated heterocycles. The number of hydrogen-bond acceptors (Lipinski definition) is 2. The molecular weight excluding hydrogens is 263 g/mol. The summed E-state index contributed by atoms with van der Waals surface area (Å²) in [6.07, 6.45) is 14.2. The molecule has 1 aliphatic carbocycles. The van der Waals surface area contributed by atoms with Crippen LogP contribution < -0.4 is 10.6 Å². The third kappa shape index (κ3) is 2.93. The van der Waals surface area contributed by atoms with Crippen molar-refractivity contribution in [3.63, 3.8) is 0 Å². The van der Waals surface area contributed by atoms with Gasteiger partial charge in [0.15, 0.2) is 0 Å². The molecule has 1 aromatic carbocycles. The number of nitrogens with zero attached hydrogens (tertiary/aromatic N) is 1. The summed E-state index contributed by atoms with van der Waals surface area (Å²) in [5.74, 6) is 0.235. The number of allylic oxidation sites excluding steroid dienone is 2. The number of nitrogens with two attached hydrogens (primary N) is 1. The van der Waals surface area contributed by atoms with E-state index in [2.05, 4.69) is 35.4 Å². The summed E-state index contributed by atoms with van der Waals surface area (Å²) < 4.78 is 13.1. The molecule has 2 unspecified atom stereocenters. The van der Waals surface area contributed by atoms with E-state index in [1.165, 1.54) is 17.7 Å². The van der Waals surface area contributed by atoms with E-state index in [1.54, 1.807) is 0 Å². The van der Waals surface area contributed by atoms with Gasteiger partial charge in [0.1, 0.15) is 5.82 Å². The first-order chi connectivity index (χ1) is 10.3. The van der Waals surface area contributed by atoms with E-state index in [1.807, 2.05) is 12.1 Å². The normalized spacial score (nSPS) is 23.3. The highest BCUT2D eigenvalue weighted by Crippen LogP contribution is 2.38. The van der Waals surface area contributed by atoms with Crippen LogP contribution in [0.4, 0.5) is 10.1 Å². The largest absolute Gasteiger partial charge is 0.340 e. The van der Waals surface area contributed by atoms with E-state index in [9.17, 15) is 4.39 Å². The van der Waals surface area contributed by atoms with Crippen molar-refractivity contribution in [2.24, 2.45) is 11.7 Å². The minimum atomic E-state index is -0.194. The third-order valence-electron chi connectivity index (χ3n) is 4.20. The second-order valence-electron chi connectivity index (χ2n) is 5.62. The lowest BCUT2D eigenvalue weighted by Gasteiger charge is -2.28. The maximum Gasteiger partial charge on any atom is 0.123 e. The molecule has 0 aromatic heterocycles. The van der Waals surface area contributed by atoms with E-state index in [0.717, 1.165) is 31.5 Å². The minimum Gasteiger partial charge on any atom is -0.340 e. The fourth-order valence-electron chi connectivity index (χ4n) is 3.12. The van der Waals surface area contributed by atoms with Crippen LogP contribution in [0.2, 0.25) is 0 Å². The van der Waals surface area contributed by atoms with Gasteiger partial charge in [-0.25, -0.2) is 4.39 Å². The van der Waals surface area contributed by atoms with Crippen LogP contribution in [-0.4, -0.2) is 12.6 Å². The van der Waals surface area contributed by atoms with Gasteiger partial charge in [-0.1, -0.05) is 24.3 Å². The van der Waals surface area contributed by atoms with Gasteiger partial charge >= 0.3 is 0 Å². The monoisotopic (exact) mass is 284 g/mol. The summed E-state index contributed by atoms with van der Waals surface area (Å²) in [6.45, 7) is 0.749. The number of anilines is 1. The zero-order valence-electron chi connectivity index (χ0n) is 12.1. The van der Waals surface area contributed by atoms with E-state index in [0.29, 0.717) is 12.0 Å². The number of halogens is 1. The summed E-state index contributed by atoms with van der Waals surface area (Å²) in [5.41, 5.74) is 8.07. The van der Waals surface area contributed by atoms with Gasteiger partial charge in [0.05, 0.1) is 6.04 Å². The van der Waals surface area contributed by atoms with E-state index in [-0.39, 0.29) is 5.82 Å². The van der Waals surface area contributed by atoms with Gasteiger partial charge in [-0.3, -0.25) is 0 Å². The summed E-state index contributed by atoms with van der Waals surface area (Å²) in [5, 5.41) is 0. The molecule has 110 valence electrons. The fourth-order valence-corrected chi connectivity index (χ4v) is 3.12. The first-order valence-corrected chi connectivity index (χ1v) is 7.59. The number of fused-ring (bicyclic) bond motifs is 1. The van der Waals surface area contributed by atoms with Gasteiger partial charge in [-0.15, -0.1) is 0 Å². The Balaban J connectivity index is 1.83. The molecule has 2 nitrogen and oxygen atoms in total. The number of benzene rings is 1. The van der Waals surface area contributed by atoms with E-state index >= 15 is 0 Å². The molecule has 2 atom stereocenters. The zero-order chi connectivity index (χ0) is 14.7. The first kappa shape index (κ1) is 14.1. The second-order valence-corrected chi connectivity index (χ2v) is 5.62. The van der Waals surface area contributed by atoms with Crippen LogP contribution >= 0.6 is 0 Å². The Morgan fingerprint density at radius 3 is 2.57 bits per heavy atom. The Kier molecular flexibility index (Phi) is 4.20. The van der Waals surface area contributed by atoms with Gasteiger partial charge in [0.2, 0.25) is 0 Å². The van der Waals surface area contributed by atoms with Crippen molar-refractivity contribution in [3.8, 4) is 0 Å². The first-order valence-electron chi connectivity index (χ1n) is 7.59. The average molecular weight is 284 g/mol. The Morgan fingerprint density at radius 2 is 1.81 bits per heavy atom. The van der Waals surface area contributed by atoms with Crippen molar-refractivity contribution < 1.29 is 4.39 Å². The van der Waals surface area contributed by atoms with Crippen LogP contribution in [0.3, 0.4) is 0 Å². The van der Waals surface area contributed by atoms with Crippen LogP contribution in [0, 0.1) is 11.7 Å². The van der Waals surface area contributed by atoms with Crippen molar-refractivity contribution in [3.05, 3.63) is 66.2 Å². The minimum absolute atomic E-state index is 0.194. The maximum atomic E-state index is 13.1. The summed E-state index contributed by atoms with van der Waals surface area (Å²) >= 11 is 0. The topological polar surface area (TPSA) is 29.3 Å². The smallest absolute Gasteiger partial charge is 0.123 e. The quantitative estimate of drug-likeness (QED) is 0.834. The van der Waals surface area contributed by atoms with Crippen molar-refractivity contribution >= 4 is 5.69 Å². The van der Waals surface area contributed by atoms with Crippen LogP contribution in [-0.2, 0) is 0 Å². The maximum absolute atomic E-state index is 13.1. The van der Waals surface area contributed by atoms with Gasteiger partial charge in [0.25, 0.3) is 0 Å². The molecule has 0 saturated carbocycles. The molecule has 2 aliphatic rings. The number of rotatable bonds is 5. The Hall–Kier alpha value is -1.87. The number of hydrogen-bond donors (Lipinski definition) is 1. The highest BCUT2D eigenvalue weighted by Gasteiger charge is 2.33. The second kappa shape index (κ2) is 6.27. The van der Waals surface area contributed by atoms with Gasteiger partial charge < -0.3 is 10.6 Å². The Bertz CT molecular complexity index is 571. The third-order valence-corrected chi connectivity index (χ3v) is 4.20. The molecule has 21 heavy (non-hydrogen) atoms. The summed E-state index contributed by atoms with van der Waals surface area (Å²) in [6, 6.07) is 7.05. The molecule has 0 amide bonds. The average Bonchev–Trinajstić information content (AvgIpc) is 2.88.